The lowest BCUT2D eigenvalue weighted by Gasteiger charge is -2.24. The third-order valence-corrected chi connectivity index (χ3v) is 6.39. The Balaban J connectivity index is 1.56. The SMILES string of the molecule is CC(C)CNC(=O)[C@H]1[C@H](c2ccc(NC(=O)c3cccs3)cc2)OC(=O)N1Cc1cccc(F)c1. The zero-order valence-corrected chi connectivity index (χ0v) is 20.2. The molecule has 0 aliphatic carbocycles. The van der Waals surface area contributed by atoms with Crippen LogP contribution in [0.4, 0.5) is 14.9 Å². The summed E-state index contributed by atoms with van der Waals surface area (Å²) in [5, 5.41) is 7.53. The molecule has 35 heavy (non-hydrogen) atoms. The molecule has 1 aliphatic heterocycles. The number of carbonyl (C=O) groups excluding carboxylic acids is 3. The summed E-state index contributed by atoms with van der Waals surface area (Å²) in [4.78, 5) is 40.2. The molecule has 7 nitrogen and oxygen atoms in total. The van der Waals surface area contributed by atoms with Crippen molar-refractivity contribution in [3.05, 3.63) is 87.9 Å². The van der Waals surface area contributed by atoms with Crippen LogP contribution < -0.4 is 10.6 Å². The highest BCUT2D eigenvalue weighted by Gasteiger charge is 2.47. The molecular weight excluding hydrogens is 469 g/mol. The summed E-state index contributed by atoms with van der Waals surface area (Å²) in [6.07, 6.45) is -1.51. The van der Waals surface area contributed by atoms with Crippen LogP contribution >= 0.6 is 11.3 Å². The number of halogens is 1. The molecule has 3 amide bonds. The molecule has 3 aromatic rings. The van der Waals surface area contributed by atoms with Crippen molar-refractivity contribution in [2.75, 3.05) is 11.9 Å². The molecule has 0 saturated carbocycles. The molecule has 2 heterocycles. The van der Waals surface area contributed by atoms with Gasteiger partial charge in [0.05, 0.1) is 11.4 Å². The maximum Gasteiger partial charge on any atom is 0.411 e. The number of thiophene rings is 1. The second kappa shape index (κ2) is 10.7. The van der Waals surface area contributed by atoms with Crippen molar-refractivity contribution >= 4 is 34.9 Å². The lowest BCUT2D eigenvalue weighted by atomic mass is 10.00. The van der Waals surface area contributed by atoms with Crippen LogP contribution in [-0.2, 0) is 16.1 Å². The minimum atomic E-state index is -0.934. The van der Waals surface area contributed by atoms with E-state index in [9.17, 15) is 18.8 Å². The highest BCUT2D eigenvalue weighted by atomic mass is 32.1. The van der Waals surface area contributed by atoms with Gasteiger partial charge in [0.1, 0.15) is 5.82 Å². The number of hydrogen-bond donors (Lipinski definition) is 2. The van der Waals surface area contributed by atoms with Gasteiger partial charge in [-0.2, -0.15) is 0 Å². The van der Waals surface area contributed by atoms with E-state index in [0.29, 0.717) is 28.2 Å². The quantitative estimate of drug-likeness (QED) is 0.462. The molecule has 0 bridgehead atoms. The van der Waals surface area contributed by atoms with E-state index in [0.717, 1.165) is 0 Å². The van der Waals surface area contributed by atoms with Gasteiger partial charge in [-0.25, -0.2) is 9.18 Å². The Morgan fingerprint density at radius 1 is 1.11 bits per heavy atom. The van der Waals surface area contributed by atoms with Gasteiger partial charge in [0.2, 0.25) is 5.91 Å². The fraction of sp³-hybridized carbons (Fsp3) is 0.269. The zero-order valence-electron chi connectivity index (χ0n) is 19.4. The zero-order chi connectivity index (χ0) is 24.9. The van der Waals surface area contributed by atoms with Gasteiger partial charge >= 0.3 is 6.09 Å². The van der Waals surface area contributed by atoms with E-state index >= 15 is 0 Å². The van der Waals surface area contributed by atoms with Crippen LogP contribution in [0.15, 0.2) is 66.0 Å². The molecule has 1 saturated heterocycles. The number of anilines is 1. The van der Waals surface area contributed by atoms with E-state index in [1.807, 2.05) is 19.2 Å². The third-order valence-electron chi connectivity index (χ3n) is 5.52. The molecule has 1 aromatic heterocycles. The normalized spacial score (nSPS) is 17.4. The predicted molar refractivity (Wildman–Crippen MR) is 132 cm³/mol. The molecule has 2 atom stereocenters. The summed E-state index contributed by atoms with van der Waals surface area (Å²) >= 11 is 1.34. The van der Waals surface area contributed by atoms with Crippen LogP contribution in [0.25, 0.3) is 0 Å². The van der Waals surface area contributed by atoms with E-state index in [-0.39, 0.29) is 24.3 Å². The van der Waals surface area contributed by atoms with Crippen molar-refractivity contribution in [3.8, 4) is 0 Å². The second-order valence-corrected chi connectivity index (χ2v) is 9.65. The molecule has 9 heteroatoms. The van der Waals surface area contributed by atoms with Crippen LogP contribution in [-0.4, -0.2) is 35.4 Å². The molecule has 0 unspecified atom stereocenters. The largest absolute Gasteiger partial charge is 0.438 e. The molecule has 182 valence electrons. The number of benzene rings is 2. The van der Waals surface area contributed by atoms with Crippen molar-refractivity contribution in [1.29, 1.82) is 0 Å². The Morgan fingerprint density at radius 2 is 1.89 bits per heavy atom. The van der Waals surface area contributed by atoms with Gasteiger partial charge in [-0.3, -0.25) is 14.5 Å². The van der Waals surface area contributed by atoms with Gasteiger partial charge in [-0.1, -0.05) is 44.2 Å². The van der Waals surface area contributed by atoms with Crippen LogP contribution in [0.5, 0.6) is 0 Å². The molecule has 0 spiro atoms. The molecule has 0 radical (unpaired) electrons. The summed E-state index contributed by atoms with van der Waals surface area (Å²) in [5.74, 6) is -0.765. The molecular formula is C26H26FN3O4S. The van der Waals surface area contributed by atoms with E-state index in [4.69, 9.17) is 4.74 Å². The third kappa shape index (κ3) is 5.86. The molecule has 2 aromatic carbocycles. The number of nitrogens with one attached hydrogen (secondary N) is 2. The van der Waals surface area contributed by atoms with Gasteiger partial charge in [0.25, 0.3) is 5.91 Å². The average Bonchev–Trinajstić information content (AvgIpc) is 3.47. The minimum absolute atomic E-state index is 0.0296. The molecule has 4 rings (SSSR count). The monoisotopic (exact) mass is 495 g/mol. The van der Waals surface area contributed by atoms with Gasteiger partial charge < -0.3 is 15.4 Å². The number of carbonyl (C=O) groups is 3. The van der Waals surface area contributed by atoms with E-state index in [2.05, 4.69) is 10.6 Å². The number of rotatable bonds is 8. The summed E-state index contributed by atoms with van der Waals surface area (Å²) in [5.41, 5.74) is 1.74. The van der Waals surface area contributed by atoms with E-state index < -0.39 is 24.1 Å². The summed E-state index contributed by atoms with van der Waals surface area (Å²) in [7, 11) is 0. The highest BCUT2D eigenvalue weighted by molar-refractivity contribution is 7.12. The molecule has 1 fully saturated rings. The van der Waals surface area contributed by atoms with Gasteiger partial charge in [0, 0.05) is 12.2 Å². The fourth-order valence-corrected chi connectivity index (χ4v) is 4.43. The first-order chi connectivity index (χ1) is 16.8. The van der Waals surface area contributed by atoms with Crippen LogP contribution in [0.1, 0.15) is 40.8 Å². The molecule has 2 N–H and O–H groups in total. The van der Waals surface area contributed by atoms with Crippen molar-refractivity contribution < 1.29 is 23.5 Å². The Hall–Kier alpha value is -3.72. The van der Waals surface area contributed by atoms with Crippen molar-refractivity contribution in [3.63, 3.8) is 0 Å². The van der Waals surface area contributed by atoms with Gasteiger partial charge in [-0.15, -0.1) is 11.3 Å². The van der Waals surface area contributed by atoms with Crippen molar-refractivity contribution in [1.82, 2.24) is 10.2 Å². The lowest BCUT2D eigenvalue weighted by Crippen LogP contribution is -2.47. The number of cyclic esters (lactones) is 1. The first-order valence-electron chi connectivity index (χ1n) is 11.3. The van der Waals surface area contributed by atoms with Crippen molar-refractivity contribution in [2.45, 2.75) is 32.5 Å². The predicted octanol–water partition coefficient (Wildman–Crippen LogP) is 4.97. The van der Waals surface area contributed by atoms with Crippen molar-refractivity contribution in [2.24, 2.45) is 5.92 Å². The maximum absolute atomic E-state index is 13.7. The first-order valence-corrected chi connectivity index (χ1v) is 12.1. The lowest BCUT2D eigenvalue weighted by molar-refractivity contribution is -0.126. The average molecular weight is 496 g/mol. The topological polar surface area (TPSA) is 87.7 Å². The fourth-order valence-electron chi connectivity index (χ4n) is 3.81. The van der Waals surface area contributed by atoms with Gasteiger partial charge in [0.15, 0.2) is 12.1 Å². The Labute approximate surface area is 206 Å². The Bertz CT molecular complexity index is 1200. The highest BCUT2D eigenvalue weighted by Crippen LogP contribution is 2.34. The van der Waals surface area contributed by atoms with Crippen LogP contribution in [0.3, 0.4) is 0 Å². The number of hydrogen-bond acceptors (Lipinski definition) is 5. The Kier molecular flexibility index (Phi) is 7.45. The van der Waals surface area contributed by atoms with E-state index in [1.54, 1.807) is 48.5 Å². The number of amides is 3. The number of ether oxygens (including phenoxy) is 1. The minimum Gasteiger partial charge on any atom is -0.438 e. The summed E-state index contributed by atoms with van der Waals surface area (Å²) in [6.45, 7) is 4.42. The van der Waals surface area contributed by atoms with E-state index in [1.165, 1.54) is 28.4 Å². The standard InChI is InChI=1S/C26H26FN3O4S/c1-16(2)14-28-25(32)22-23(34-26(33)30(22)15-17-5-3-6-19(27)13-17)18-8-10-20(11-9-18)29-24(31)21-7-4-12-35-21/h3-13,16,22-23H,14-15H2,1-2H3,(H,28,32)(H,29,31)/t22-,23+/m1/s1. The molecule has 1 aliphatic rings. The number of nitrogens with zero attached hydrogens (tertiary/aromatic N) is 1. The summed E-state index contributed by atoms with van der Waals surface area (Å²) in [6, 6.07) is 15.3. The Morgan fingerprint density at radius 3 is 2.54 bits per heavy atom. The van der Waals surface area contributed by atoms with Gasteiger partial charge in [-0.05, 0) is 52.8 Å². The van der Waals surface area contributed by atoms with Crippen LogP contribution in [0.2, 0.25) is 0 Å². The smallest absolute Gasteiger partial charge is 0.411 e. The maximum atomic E-state index is 13.7. The summed E-state index contributed by atoms with van der Waals surface area (Å²) < 4.78 is 19.3. The first kappa shape index (κ1) is 24.4. The second-order valence-electron chi connectivity index (χ2n) is 8.70. The van der Waals surface area contributed by atoms with Crippen LogP contribution in [0, 0.1) is 11.7 Å².